The van der Waals surface area contributed by atoms with Crippen LogP contribution in [0, 0.1) is 0 Å². The molecule has 19 aromatic carbocycles. The third-order valence-electron chi connectivity index (χ3n) is 24.2. The molecule has 0 unspecified atom stereocenters. The molecular weight excluding hydrogens is 1470 g/mol. The first-order valence-corrected chi connectivity index (χ1v) is 40.3. The number of rotatable bonds is 11. The van der Waals surface area contributed by atoms with Gasteiger partial charge in [0.15, 0.2) is 34.9 Å². The smallest absolute Gasteiger partial charge is 0.164 e. The molecule has 25 rings (SSSR count). The lowest BCUT2D eigenvalue weighted by atomic mass is 9.90. The quantitative estimate of drug-likeness (QED) is 0.123. The Hall–Kier alpha value is -16.3. The summed E-state index contributed by atoms with van der Waals surface area (Å²) in [5.74, 6) is 3.30. The van der Waals surface area contributed by atoms with E-state index in [1.807, 2.05) is 54.6 Å². The molecule has 10 heteroatoms. The van der Waals surface area contributed by atoms with Crippen LogP contribution >= 0.6 is 0 Å². The monoisotopic (exact) mass is 1530 g/mol. The van der Waals surface area contributed by atoms with Crippen LogP contribution in [0.2, 0.25) is 0 Å². The normalized spacial score (nSPS) is 12.0. The van der Waals surface area contributed by atoms with E-state index < -0.39 is 0 Å². The highest BCUT2D eigenvalue weighted by atomic mass is 16.3. The summed E-state index contributed by atoms with van der Waals surface area (Å²) in [7, 11) is 0. The lowest BCUT2D eigenvalue weighted by molar-refractivity contribution is 0.669. The summed E-state index contributed by atoms with van der Waals surface area (Å²) < 4.78 is 26.6. The average molecular weight is 1530 g/mol. The van der Waals surface area contributed by atoms with E-state index in [9.17, 15) is 0 Å². The Balaban J connectivity index is 0.553. The summed E-state index contributed by atoms with van der Waals surface area (Å²) in [6.07, 6.45) is 0. The molecule has 0 amide bonds. The summed E-state index contributed by atoms with van der Waals surface area (Å²) in [4.78, 5) is 32.2. The molecule has 0 aliphatic carbocycles. The zero-order valence-electron chi connectivity index (χ0n) is 64.1. The van der Waals surface area contributed by atoms with Crippen molar-refractivity contribution in [2.24, 2.45) is 0 Å². The Labute approximate surface area is 684 Å². The first-order valence-electron chi connectivity index (χ1n) is 40.3. The number of fused-ring (bicyclic) bond motifs is 19. The van der Waals surface area contributed by atoms with Crippen molar-refractivity contribution in [1.29, 1.82) is 0 Å². The fourth-order valence-electron chi connectivity index (χ4n) is 18.4. The van der Waals surface area contributed by atoms with Crippen molar-refractivity contribution >= 4 is 142 Å². The minimum absolute atomic E-state index is 0.539. The van der Waals surface area contributed by atoms with Gasteiger partial charge in [0.25, 0.3) is 0 Å². The fraction of sp³-hybridized carbons (Fsp3) is 0. The van der Waals surface area contributed by atoms with Crippen molar-refractivity contribution in [2.45, 2.75) is 0 Å². The van der Waals surface area contributed by atoms with E-state index in [-0.39, 0.29) is 0 Å². The molecule has 6 heterocycles. The third kappa shape index (κ3) is 10.9. The molecule has 0 aliphatic heterocycles. The zero-order chi connectivity index (χ0) is 78.6. The Morgan fingerprint density at radius 3 is 1.02 bits per heavy atom. The second-order valence-corrected chi connectivity index (χ2v) is 31.0. The van der Waals surface area contributed by atoms with Gasteiger partial charge in [0.1, 0.15) is 44.7 Å². The van der Waals surface area contributed by atoms with Gasteiger partial charge in [-0.15, -0.1) is 0 Å². The number of aromatic nitrogens is 6. The van der Waals surface area contributed by atoms with E-state index in [0.29, 0.717) is 34.9 Å². The maximum Gasteiger partial charge on any atom is 0.164 e. The van der Waals surface area contributed by atoms with Crippen molar-refractivity contribution in [3.05, 3.63) is 376 Å². The molecule has 0 saturated carbocycles. The molecule has 10 nitrogen and oxygen atoms in total. The van der Waals surface area contributed by atoms with E-state index in [4.69, 9.17) is 47.6 Å². The lowest BCUT2D eigenvalue weighted by Crippen LogP contribution is -2.00. The zero-order valence-corrected chi connectivity index (χ0v) is 64.1. The standard InChI is InChI=1S/C110H62N6O4/c1-2-17-65(18-3-1)81-24-12-26-87-101-89(28-14-32-95(101)119-103(81)87)109-114-106(112-108(116-109)78-51-40-68-53-57-98-100(92(68)62-78)86-23-9-11-31-94(86)118-98)70-43-37-66(38-44-70)79-54-55-80(84-21-7-6-20-83(79)84)75-48-46-74-60-76(49-47-73(74)59-75)82-25-13-27-88-102-90(29-15-33-96(102)120-104(82)88)110-113-105(69-41-34-64(35-42-69)72-45-36-63-16-4-5-19-71(63)58-72)111-107(115-110)77-50-39-67-52-56-97-99(91(67)61-77)85-22-8-10-30-93(85)117-97/h1-62H. The van der Waals surface area contributed by atoms with Crippen LogP contribution in [0.3, 0.4) is 0 Å². The molecule has 25 aromatic rings. The number of para-hydroxylation sites is 4. The fourth-order valence-corrected chi connectivity index (χ4v) is 18.4. The SMILES string of the molecule is c1ccc(-c2cccc3c2oc2cccc(-c4nc(-c5ccc(-c6ccc(-c7ccc8cc(-c9cccc%10c9oc9cccc(-c%11nc(-c%12ccc(-c%13ccc%14ccccc%14c%13)cc%12)nc(-c%12ccc%13ccc%14oc%15ccccc%15c%14c%13c%12)n%11)c9%10)ccc8c7)c7ccccc67)cc5)nc(-c5ccc6ccc7oc8ccccc8c7c6c5)n4)c23)cc1. The Kier molecular flexibility index (Phi) is 14.9. The van der Waals surface area contributed by atoms with E-state index in [2.05, 4.69) is 322 Å². The van der Waals surface area contributed by atoms with Gasteiger partial charge < -0.3 is 17.7 Å². The average Bonchev–Trinajstić information content (AvgIpc) is 1.55. The molecule has 6 aromatic heterocycles. The summed E-state index contributed by atoms with van der Waals surface area (Å²) in [5.41, 5.74) is 22.4. The predicted molar refractivity (Wildman–Crippen MR) is 490 cm³/mol. The highest BCUT2D eigenvalue weighted by molar-refractivity contribution is 6.22. The maximum atomic E-state index is 7.03. The van der Waals surface area contributed by atoms with Gasteiger partial charge >= 0.3 is 0 Å². The van der Waals surface area contributed by atoms with E-state index in [1.54, 1.807) is 0 Å². The van der Waals surface area contributed by atoms with Crippen molar-refractivity contribution in [2.75, 3.05) is 0 Å². The van der Waals surface area contributed by atoms with Crippen LogP contribution in [0.25, 0.3) is 266 Å². The topological polar surface area (TPSA) is 130 Å². The van der Waals surface area contributed by atoms with Gasteiger partial charge in [0, 0.05) is 87.6 Å². The highest BCUT2D eigenvalue weighted by Gasteiger charge is 2.25. The van der Waals surface area contributed by atoms with E-state index >= 15 is 0 Å². The minimum atomic E-state index is 0.539. The van der Waals surface area contributed by atoms with Gasteiger partial charge in [0.05, 0.1) is 0 Å². The largest absolute Gasteiger partial charge is 0.456 e. The molecule has 0 N–H and O–H groups in total. The van der Waals surface area contributed by atoms with Gasteiger partial charge in [-0.25, -0.2) is 29.9 Å². The maximum absolute atomic E-state index is 7.03. The van der Waals surface area contributed by atoms with E-state index in [0.717, 1.165) is 220 Å². The Bertz CT molecular complexity index is 8620. The summed E-state index contributed by atoms with van der Waals surface area (Å²) in [6, 6.07) is 132. The molecule has 0 saturated heterocycles. The van der Waals surface area contributed by atoms with Crippen molar-refractivity contribution in [3.63, 3.8) is 0 Å². The highest BCUT2D eigenvalue weighted by Crippen LogP contribution is 2.47. The molecule has 0 atom stereocenters. The lowest BCUT2D eigenvalue weighted by Gasteiger charge is -2.14. The second-order valence-electron chi connectivity index (χ2n) is 31.0. The molecule has 556 valence electrons. The number of hydrogen-bond acceptors (Lipinski definition) is 10. The minimum Gasteiger partial charge on any atom is -0.456 e. The van der Waals surface area contributed by atoms with Crippen LogP contribution in [-0.4, -0.2) is 29.9 Å². The Morgan fingerprint density at radius 1 is 0.142 bits per heavy atom. The summed E-state index contributed by atoms with van der Waals surface area (Å²) in [6.45, 7) is 0. The molecule has 120 heavy (non-hydrogen) atoms. The number of nitrogens with zero attached hydrogens (tertiary/aromatic N) is 6. The van der Waals surface area contributed by atoms with Gasteiger partial charge in [0.2, 0.25) is 0 Å². The van der Waals surface area contributed by atoms with Crippen LogP contribution in [0.1, 0.15) is 0 Å². The second kappa shape index (κ2) is 26.6. The van der Waals surface area contributed by atoms with Crippen LogP contribution in [-0.2, 0) is 0 Å². The predicted octanol–water partition coefficient (Wildman–Crippen LogP) is 29.8. The van der Waals surface area contributed by atoms with E-state index in [1.165, 1.54) is 10.8 Å². The molecule has 0 fully saturated rings. The van der Waals surface area contributed by atoms with Crippen LogP contribution in [0.5, 0.6) is 0 Å². The van der Waals surface area contributed by atoms with Crippen LogP contribution in [0.4, 0.5) is 0 Å². The van der Waals surface area contributed by atoms with Crippen LogP contribution in [0.15, 0.2) is 394 Å². The summed E-state index contributed by atoms with van der Waals surface area (Å²) >= 11 is 0. The molecule has 0 spiro atoms. The molecular formula is C110H62N6O4. The molecule has 0 bridgehead atoms. The van der Waals surface area contributed by atoms with Crippen molar-refractivity contribution in [1.82, 2.24) is 29.9 Å². The summed E-state index contributed by atoms with van der Waals surface area (Å²) in [5, 5.41) is 19.3. The van der Waals surface area contributed by atoms with Crippen molar-refractivity contribution in [3.8, 4) is 124 Å². The Morgan fingerprint density at radius 2 is 0.475 bits per heavy atom. The molecule has 0 aliphatic rings. The van der Waals surface area contributed by atoms with Gasteiger partial charge in [-0.3, -0.25) is 0 Å². The first kappa shape index (κ1) is 67.1. The van der Waals surface area contributed by atoms with Gasteiger partial charge in [-0.2, -0.15) is 0 Å². The number of benzene rings is 19. The van der Waals surface area contributed by atoms with Gasteiger partial charge in [-0.05, 0) is 165 Å². The van der Waals surface area contributed by atoms with Crippen LogP contribution < -0.4 is 0 Å². The molecule has 0 radical (unpaired) electrons. The third-order valence-corrected chi connectivity index (χ3v) is 24.2. The number of furan rings is 4. The number of hydrogen-bond donors (Lipinski definition) is 0. The first-order chi connectivity index (χ1) is 59.4. The van der Waals surface area contributed by atoms with Gasteiger partial charge in [-0.1, -0.05) is 309 Å². The van der Waals surface area contributed by atoms with Crippen molar-refractivity contribution < 1.29 is 17.7 Å².